The molecule has 0 spiro atoms. The van der Waals surface area contributed by atoms with E-state index >= 15 is 0 Å². The maximum atomic E-state index is 11.1. The molecule has 1 atom stereocenters. The topological polar surface area (TPSA) is 70.4 Å². The number of carbonyl (C=O) groups excluding carboxylic acids is 1. The van der Waals surface area contributed by atoms with Crippen molar-refractivity contribution >= 4 is 11.7 Å². The minimum atomic E-state index is -0.681. The summed E-state index contributed by atoms with van der Waals surface area (Å²) in [5, 5.41) is 16.2. The molecule has 0 saturated heterocycles. The first-order chi connectivity index (χ1) is 5.72. The van der Waals surface area contributed by atoms with Crippen molar-refractivity contribution in [3.05, 3.63) is 0 Å². The monoisotopic (exact) mass is 187 g/mol. The quantitative estimate of drug-likeness (QED) is 0.513. The number of hydrogen-bond acceptors (Lipinski definition) is 4. The molecule has 0 aliphatic heterocycles. The van der Waals surface area contributed by atoms with Gasteiger partial charge in [0.2, 0.25) is 0 Å². The third-order valence-electron chi connectivity index (χ3n) is 1.14. The molecule has 76 valence electrons. The second kappa shape index (κ2) is 4.37. The Labute approximate surface area is 78.4 Å². The van der Waals surface area contributed by atoms with Crippen LogP contribution in [0.15, 0.2) is 0 Å². The minimum absolute atomic E-state index is 0.0366. The zero-order valence-corrected chi connectivity index (χ0v) is 8.55. The summed E-state index contributed by atoms with van der Waals surface area (Å²) in [4.78, 5) is 11.1. The molecule has 0 aromatic carbocycles. The lowest BCUT2D eigenvalue weighted by molar-refractivity contribution is -0.146. The van der Waals surface area contributed by atoms with Crippen LogP contribution in [0.5, 0.6) is 0 Å². The van der Waals surface area contributed by atoms with Crippen LogP contribution < -0.4 is 0 Å². The van der Waals surface area contributed by atoms with Crippen LogP contribution in [0.2, 0.25) is 0 Å². The van der Waals surface area contributed by atoms with Gasteiger partial charge in [-0.3, -0.25) is 5.41 Å². The van der Waals surface area contributed by atoms with Crippen molar-refractivity contribution in [1.29, 1.82) is 5.41 Å². The molecule has 0 fully saturated rings. The van der Waals surface area contributed by atoms with Crippen molar-refractivity contribution in [2.24, 2.45) is 0 Å². The largest absolute Gasteiger partial charge is 0.456 e. The fraction of sp³-hybridized carbons (Fsp3) is 0.778. The summed E-state index contributed by atoms with van der Waals surface area (Å²) in [5.41, 5.74) is -0.771. The van der Waals surface area contributed by atoms with E-state index < -0.39 is 17.7 Å². The molecule has 4 nitrogen and oxygen atoms in total. The fourth-order valence-corrected chi connectivity index (χ4v) is 0.718. The summed E-state index contributed by atoms with van der Waals surface area (Å²) >= 11 is 0. The Morgan fingerprint density at radius 3 is 2.31 bits per heavy atom. The van der Waals surface area contributed by atoms with Crippen molar-refractivity contribution in [3.8, 4) is 0 Å². The number of aliphatic hydroxyl groups excluding tert-OH is 1. The first-order valence-corrected chi connectivity index (χ1v) is 4.21. The van der Waals surface area contributed by atoms with Crippen LogP contribution >= 0.6 is 0 Å². The highest BCUT2D eigenvalue weighted by Gasteiger charge is 2.20. The molecule has 0 aliphatic carbocycles. The number of esters is 1. The van der Waals surface area contributed by atoms with Gasteiger partial charge >= 0.3 is 5.97 Å². The second-order valence-corrected chi connectivity index (χ2v) is 4.03. The first-order valence-electron chi connectivity index (χ1n) is 4.21. The predicted molar refractivity (Wildman–Crippen MR) is 49.9 cm³/mol. The normalized spacial score (nSPS) is 13.6. The summed E-state index contributed by atoms with van der Waals surface area (Å²) in [7, 11) is 0. The number of hydrogen-bond donors (Lipinski definition) is 2. The third-order valence-corrected chi connectivity index (χ3v) is 1.14. The van der Waals surface area contributed by atoms with Crippen LogP contribution in [0.1, 0.15) is 34.1 Å². The van der Waals surface area contributed by atoms with E-state index in [-0.39, 0.29) is 12.1 Å². The van der Waals surface area contributed by atoms with E-state index in [2.05, 4.69) is 0 Å². The lowest BCUT2D eigenvalue weighted by atomic mass is 10.1. The SMILES string of the molecule is C[C@@H](O)CC(=N)C(=O)OC(C)(C)C. The molecule has 0 heterocycles. The van der Waals surface area contributed by atoms with Crippen molar-refractivity contribution in [2.45, 2.75) is 45.8 Å². The Morgan fingerprint density at radius 1 is 1.54 bits per heavy atom. The van der Waals surface area contributed by atoms with Gasteiger partial charge in [-0.1, -0.05) is 0 Å². The first kappa shape index (κ1) is 12.1. The zero-order valence-electron chi connectivity index (χ0n) is 8.55. The Bertz CT molecular complexity index is 203. The van der Waals surface area contributed by atoms with Gasteiger partial charge in [-0.2, -0.15) is 0 Å². The summed E-state index contributed by atoms with van der Waals surface area (Å²) < 4.78 is 4.93. The van der Waals surface area contributed by atoms with Gasteiger partial charge in [0, 0.05) is 6.42 Å². The molecule has 0 rings (SSSR count). The molecule has 13 heavy (non-hydrogen) atoms. The summed E-state index contributed by atoms with van der Waals surface area (Å²) in [6.07, 6.45) is -0.644. The minimum Gasteiger partial charge on any atom is -0.456 e. The molecule has 0 aromatic heterocycles. The molecule has 0 radical (unpaired) electrons. The van der Waals surface area contributed by atoms with Crippen LogP contribution in [-0.4, -0.2) is 28.5 Å². The lowest BCUT2D eigenvalue weighted by Gasteiger charge is -2.19. The second-order valence-electron chi connectivity index (χ2n) is 4.03. The molecular formula is C9H17NO3. The van der Waals surface area contributed by atoms with Crippen molar-refractivity contribution in [2.75, 3.05) is 0 Å². The van der Waals surface area contributed by atoms with Gasteiger partial charge in [0.25, 0.3) is 0 Å². The van der Waals surface area contributed by atoms with Gasteiger partial charge in [0.15, 0.2) is 0 Å². The summed E-state index contributed by atoms with van der Waals surface area (Å²) in [5.74, 6) is -0.659. The summed E-state index contributed by atoms with van der Waals surface area (Å²) in [6.45, 7) is 6.74. The molecule has 0 aromatic rings. The maximum absolute atomic E-state index is 11.1. The average molecular weight is 187 g/mol. The number of nitrogens with one attached hydrogen (secondary N) is 1. The van der Waals surface area contributed by atoms with Crippen molar-refractivity contribution in [3.63, 3.8) is 0 Å². The van der Waals surface area contributed by atoms with E-state index in [1.54, 1.807) is 20.8 Å². The number of ether oxygens (including phenoxy) is 1. The molecule has 0 bridgehead atoms. The standard InChI is InChI=1S/C9H17NO3/c1-6(11)5-7(10)8(12)13-9(2,3)4/h6,10-11H,5H2,1-4H3/t6-/m1/s1. The van der Waals surface area contributed by atoms with Gasteiger partial charge in [-0.25, -0.2) is 4.79 Å². The lowest BCUT2D eigenvalue weighted by Crippen LogP contribution is -2.29. The molecule has 0 aliphatic rings. The van der Waals surface area contributed by atoms with E-state index in [9.17, 15) is 4.79 Å². The zero-order chi connectivity index (χ0) is 10.6. The van der Waals surface area contributed by atoms with Crippen molar-refractivity contribution in [1.82, 2.24) is 0 Å². The Hall–Kier alpha value is -0.900. The Kier molecular flexibility index (Phi) is 4.07. The van der Waals surface area contributed by atoms with E-state index in [0.717, 1.165) is 0 Å². The van der Waals surface area contributed by atoms with Crippen LogP contribution in [-0.2, 0) is 9.53 Å². The van der Waals surface area contributed by atoms with Gasteiger partial charge in [-0.15, -0.1) is 0 Å². The van der Waals surface area contributed by atoms with Crippen LogP contribution in [0.4, 0.5) is 0 Å². The molecular weight excluding hydrogens is 170 g/mol. The number of aliphatic hydroxyl groups is 1. The number of carbonyl (C=O) groups is 1. The predicted octanol–water partition coefficient (Wildman–Crippen LogP) is 1.12. The van der Waals surface area contributed by atoms with E-state index in [1.165, 1.54) is 6.92 Å². The van der Waals surface area contributed by atoms with Gasteiger partial charge in [0.1, 0.15) is 11.3 Å². The van der Waals surface area contributed by atoms with E-state index in [4.69, 9.17) is 15.3 Å². The highest BCUT2D eigenvalue weighted by molar-refractivity contribution is 6.35. The smallest absolute Gasteiger partial charge is 0.352 e. The van der Waals surface area contributed by atoms with Crippen LogP contribution in [0.25, 0.3) is 0 Å². The Morgan fingerprint density at radius 2 is 2.00 bits per heavy atom. The average Bonchev–Trinajstić information content (AvgIpc) is 1.81. The third kappa shape index (κ3) is 6.28. The molecule has 0 saturated carbocycles. The maximum Gasteiger partial charge on any atom is 0.352 e. The molecule has 0 unspecified atom stereocenters. The molecule has 4 heteroatoms. The van der Waals surface area contributed by atoms with Gasteiger partial charge < -0.3 is 9.84 Å². The fourth-order valence-electron chi connectivity index (χ4n) is 0.718. The summed E-state index contributed by atoms with van der Waals surface area (Å²) in [6, 6.07) is 0. The van der Waals surface area contributed by atoms with Gasteiger partial charge in [0.05, 0.1) is 6.10 Å². The van der Waals surface area contributed by atoms with Crippen LogP contribution in [0.3, 0.4) is 0 Å². The highest BCUT2D eigenvalue weighted by Crippen LogP contribution is 2.08. The van der Waals surface area contributed by atoms with Crippen molar-refractivity contribution < 1.29 is 14.6 Å². The molecule has 2 N–H and O–H groups in total. The van der Waals surface area contributed by atoms with E-state index in [1.807, 2.05) is 0 Å². The number of rotatable bonds is 3. The van der Waals surface area contributed by atoms with Gasteiger partial charge in [-0.05, 0) is 27.7 Å². The van der Waals surface area contributed by atoms with Crippen LogP contribution in [0, 0.1) is 5.41 Å². The highest BCUT2D eigenvalue weighted by atomic mass is 16.6. The molecule has 0 amide bonds. The van der Waals surface area contributed by atoms with E-state index in [0.29, 0.717) is 0 Å². The Balaban J connectivity index is 4.06.